The van der Waals surface area contributed by atoms with E-state index in [1.165, 1.54) is 6.42 Å². The first-order chi connectivity index (χ1) is 6.58. The molecule has 1 atom stereocenters. The zero-order valence-corrected chi connectivity index (χ0v) is 9.75. The maximum Gasteiger partial charge on any atom is 0.0703 e. The molecular formula is C12H24O2. The fourth-order valence-corrected chi connectivity index (χ4v) is 2.12. The van der Waals surface area contributed by atoms with E-state index in [0.29, 0.717) is 5.92 Å². The molecule has 1 aliphatic rings. The average Bonchev–Trinajstić information content (AvgIpc) is 2.08. The van der Waals surface area contributed by atoms with Crippen molar-refractivity contribution in [2.45, 2.75) is 64.1 Å². The largest absolute Gasteiger partial charge is 0.393 e. The molecule has 1 saturated carbocycles. The van der Waals surface area contributed by atoms with Crippen LogP contribution >= 0.6 is 0 Å². The highest BCUT2D eigenvalue weighted by Crippen LogP contribution is 2.39. The highest BCUT2D eigenvalue weighted by atomic mass is 16.5. The van der Waals surface area contributed by atoms with Crippen LogP contribution in [0.4, 0.5) is 0 Å². The molecule has 1 fully saturated rings. The Hall–Kier alpha value is -0.0800. The highest BCUT2D eigenvalue weighted by molar-refractivity contribution is 4.91. The van der Waals surface area contributed by atoms with Crippen molar-refractivity contribution in [1.29, 1.82) is 0 Å². The van der Waals surface area contributed by atoms with E-state index in [1.54, 1.807) is 7.11 Å². The third-order valence-corrected chi connectivity index (χ3v) is 3.38. The molecule has 0 spiro atoms. The van der Waals surface area contributed by atoms with Crippen molar-refractivity contribution in [2.24, 2.45) is 5.92 Å². The van der Waals surface area contributed by atoms with Crippen LogP contribution in [0.3, 0.4) is 0 Å². The summed E-state index contributed by atoms with van der Waals surface area (Å²) in [5.41, 5.74) is 0.0242. The van der Waals surface area contributed by atoms with Crippen LogP contribution in [-0.4, -0.2) is 23.9 Å². The second-order valence-corrected chi connectivity index (χ2v) is 5.07. The van der Waals surface area contributed by atoms with E-state index in [9.17, 15) is 5.11 Å². The Kier molecular flexibility index (Phi) is 4.39. The van der Waals surface area contributed by atoms with Gasteiger partial charge in [0.2, 0.25) is 0 Å². The molecule has 0 aromatic carbocycles. The van der Waals surface area contributed by atoms with Gasteiger partial charge in [-0.25, -0.2) is 0 Å². The van der Waals surface area contributed by atoms with Crippen LogP contribution in [-0.2, 0) is 4.74 Å². The minimum atomic E-state index is -0.169. The Morgan fingerprint density at radius 2 is 1.93 bits per heavy atom. The van der Waals surface area contributed by atoms with Gasteiger partial charge in [0.25, 0.3) is 0 Å². The molecule has 1 unspecified atom stereocenters. The topological polar surface area (TPSA) is 29.5 Å². The minimum Gasteiger partial charge on any atom is -0.393 e. The summed E-state index contributed by atoms with van der Waals surface area (Å²) in [5, 5.41) is 9.85. The summed E-state index contributed by atoms with van der Waals surface area (Å²) >= 11 is 0. The second kappa shape index (κ2) is 5.13. The molecule has 0 radical (unpaired) electrons. The van der Waals surface area contributed by atoms with Gasteiger partial charge < -0.3 is 9.84 Å². The van der Waals surface area contributed by atoms with E-state index in [0.717, 1.165) is 32.1 Å². The van der Waals surface area contributed by atoms with Gasteiger partial charge in [0.15, 0.2) is 0 Å². The highest BCUT2D eigenvalue weighted by Gasteiger charge is 2.38. The molecule has 0 amide bonds. The first kappa shape index (κ1) is 12.0. The summed E-state index contributed by atoms with van der Waals surface area (Å²) < 4.78 is 5.49. The number of ether oxygens (including phenoxy) is 1. The Balaban J connectivity index is 2.21. The molecule has 2 heteroatoms. The van der Waals surface area contributed by atoms with Crippen LogP contribution in [0.25, 0.3) is 0 Å². The van der Waals surface area contributed by atoms with Crippen LogP contribution in [0.5, 0.6) is 0 Å². The monoisotopic (exact) mass is 200 g/mol. The van der Waals surface area contributed by atoms with E-state index < -0.39 is 0 Å². The van der Waals surface area contributed by atoms with Crippen LogP contribution in [0, 0.1) is 5.92 Å². The first-order valence-corrected chi connectivity index (χ1v) is 5.81. The molecule has 0 saturated heterocycles. The summed E-state index contributed by atoms with van der Waals surface area (Å²) in [4.78, 5) is 0. The van der Waals surface area contributed by atoms with Gasteiger partial charge in [0, 0.05) is 13.5 Å². The lowest BCUT2D eigenvalue weighted by atomic mass is 9.75. The van der Waals surface area contributed by atoms with E-state index >= 15 is 0 Å². The lowest BCUT2D eigenvalue weighted by molar-refractivity contribution is -0.100. The molecule has 14 heavy (non-hydrogen) atoms. The molecule has 0 heterocycles. The predicted molar refractivity (Wildman–Crippen MR) is 58.3 cm³/mol. The quantitative estimate of drug-likeness (QED) is 0.714. The van der Waals surface area contributed by atoms with Gasteiger partial charge in [-0.1, -0.05) is 13.8 Å². The van der Waals surface area contributed by atoms with Gasteiger partial charge >= 0.3 is 0 Å². The molecular weight excluding hydrogens is 176 g/mol. The Morgan fingerprint density at radius 1 is 1.29 bits per heavy atom. The predicted octanol–water partition coefficient (Wildman–Crippen LogP) is 2.74. The van der Waals surface area contributed by atoms with Gasteiger partial charge in [0.1, 0.15) is 0 Å². The van der Waals surface area contributed by atoms with Crippen LogP contribution < -0.4 is 0 Å². The van der Waals surface area contributed by atoms with Crippen LogP contribution in [0.2, 0.25) is 0 Å². The van der Waals surface area contributed by atoms with Crippen molar-refractivity contribution in [3.8, 4) is 0 Å². The fourth-order valence-electron chi connectivity index (χ4n) is 2.12. The molecule has 0 aliphatic heterocycles. The Morgan fingerprint density at radius 3 is 2.29 bits per heavy atom. The zero-order chi connectivity index (χ0) is 10.6. The maximum absolute atomic E-state index is 9.85. The number of hydrogen-bond donors (Lipinski definition) is 1. The SMILES string of the molecule is COC1(CC(O)CCC(C)C)CCC1. The zero-order valence-electron chi connectivity index (χ0n) is 9.75. The molecule has 84 valence electrons. The normalized spacial score (nSPS) is 22.1. The molecule has 0 aromatic heterocycles. The number of rotatable bonds is 6. The number of hydrogen-bond acceptors (Lipinski definition) is 2. The summed E-state index contributed by atoms with van der Waals surface area (Å²) in [6.07, 6.45) is 6.20. The number of aliphatic hydroxyl groups is 1. The summed E-state index contributed by atoms with van der Waals surface area (Å²) in [6.45, 7) is 4.39. The van der Waals surface area contributed by atoms with Crippen molar-refractivity contribution in [1.82, 2.24) is 0 Å². The summed E-state index contributed by atoms with van der Waals surface area (Å²) in [5.74, 6) is 0.685. The van der Waals surface area contributed by atoms with Crippen molar-refractivity contribution in [3.05, 3.63) is 0 Å². The van der Waals surface area contributed by atoms with E-state index in [1.807, 2.05) is 0 Å². The van der Waals surface area contributed by atoms with Gasteiger partial charge in [-0.15, -0.1) is 0 Å². The molecule has 1 N–H and O–H groups in total. The Labute approximate surface area is 87.7 Å². The Bertz CT molecular complexity index is 156. The summed E-state index contributed by atoms with van der Waals surface area (Å²) in [7, 11) is 1.77. The van der Waals surface area contributed by atoms with Gasteiger partial charge in [0.05, 0.1) is 11.7 Å². The van der Waals surface area contributed by atoms with E-state index in [-0.39, 0.29) is 11.7 Å². The standard InChI is InChI=1S/C12H24O2/c1-10(2)5-6-11(13)9-12(14-3)7-4-8-12/h10-11,13H,4-9H2,1-3H3. The smallest absolute Gasteiger partial charge is 0.0703 e. The summed E-state index contributed by atoms with van der Waals surface area (Å²) in [6, 6.07) is 0. The molecule has 1 aliphatic carbocycles. The van der Waals surface area contributed by atoms with Gasteiger partial charge in [-0.05, 0) is 38.0 Å². The lowest BCUT2D eigenvalue weighted by Gasteiger charge is -2.42. The van der Waals surface area contributed by atoms with E-state index in [2.05, 4.69) is 13.8 Å². The average molecular weight is 200 g/mol. The maximum atomic E-state index is 9.85. The fraction of sp³-hybridized carbons (Fsp3) is 1.00. The van der Waals surface area contributed by atoms with Crippen molar-refractivity contribution in [2.75, 3.05) is 7.11 Å². The third kappa shape index (κ3) is 3.25. The lowest BCUT2D eigenvalue weighted by Crippen LogP contribution is -2.42. The molecule has 1 rings (SSSR count). The second-order valence-electron chi connectivity index (χ2n) is 5.07. The van der Waals surface area contributed by atoms with Gasteiger partial charge in [-0.3, -0.25) is 0 Å². The van der Waals surface area contributed by atoms with Crippen molar-refractivity contribution < 1.29 is 9.84 Å². The number of methoxy groups -OCH3 is 1. The minimum absolute atomic E-state index is 0.0242. The van der Waals surface area contributed by atoms with Crippen LogP contribution in [0.1, 0.15) is 52.4 Å². The van der Waals surface area contributed by atoms with Crippen molar-refractivity contribution in [3.63, 3.8) is 0 Å². The van der Waals surface area contributed by atoms with Gasteiger partial charge in [-0.2, -0.15) is 0 Å². The first-order valence-electron chi connectivity index (χ1n) is 5.81. The molecule has 0 aromatic rings. The van der Waals surface area contributed by atoms with E-state index in [4.69, 9.17) is 4.74 Å². The molecule has 0 bridgehead atoms. The molecule has 2 nitrogen and oxygen atoms in total. The van der Waals surface area contributed by atoms with Crippen LogP contribution in [0.15, 0.2) is 0 Å². The third-order valence-electron chi connectivity index (χ3n) is 3.38. The number of aliphatic hydroxyl groups excluding tert-OH is 1. The van der Waals surface area contributed by atoms with Crippen molar-refractivity contribution >= 4 is 0 Å².